The third-order valence-corrected chi connectivity index (χ3v) is 4.11. The Bertz CT molecular complexity index is 617. The molecule has 100 valence electrons. The largest absolute Gasteiger partial charge is 0.314 e. The zero-order valence-electron chi connectivity index (χ0n) is 11.4. The van der Waals surface area contributed by atoms with Gasteiger partial charge in [-0.1, -0.05) is 18.2 Å². The fraction of sp³-hybridized carbons (Fsp3) is 0.467. The number of fused-ring (bicyclic) bond motifs is 1. The van der Waals surface area contributed by atoms with Gasteiger partial charge in [-0.3, -0.25) is 9.48 Å². The van der Waals surface area contributed by atoms with E-state index >= 15 is 0 Å². The number of ketones is 1. The van der Waals surface area contributed by atoms with Gasteiger partial charge >= 0.3 is 0 Å². The Balaban J connectivity index is 1.87. The number of hydrogen-bond donors (Lipinski definition) is 1. The molecule has 1 N–H and O–H groups in total. The molecular formula is C15H19N3O. The van der Waals surface area contributed by atoms with Crippen molar-refractivity contribution in [3.63, 3.8) is 0 Å². The molecule has 0 bridgehead atoms. The van der Waals surface area contributed by atoms with Crippen LogP contribution >= 0.6 is 0 Å². The van der Waals surface area contributed by atoms with Crippen molar-refractivity contribution >= 4 is 16.7 Å². The molecule has 0 radical (unpaired) electrons. The lowest BCUT2D eigenvalue weighted by Gasteiger charge is -2.12. The van der Waals surface area contributed by atoms with Gasteiger partial charge < -0.3 is 5.32 Å². The van der Waals surface area contributed by atoms with Crippen LogP contribution in [0.2, 0.25) is 0 Å². The van der Waals surface area contributed by atoms with Crippen LogP contribution in [0.15, 0.2) is 24.3 Å². The molecule has 2 unspecified atom stereocenters. The summed E-state index contributed by atoms with van der Waals surface area (Å²) < 4.78 is 1.86. The van der Waals surface area contributed by atoms with Gasteiger partial charge in [0.25, 0.3) is 0 Å². The van der Waals surface area contributed by atoms with Crippen LogP contribution in [-0.4, -0.2) is 28.2 Å². The molecule has 1 aromatic carbocycles. The van der Waals surface area contributed by atoms with Gasteiger partial charge in [0.2, 0.25) is 0 Å². The summed E-state index contributed by atoms with van der Waals surface area (Å²) >= 11 is 0. The van der Waals surface area contributed by atoms with E-state index in [1.54, 1.807) is 0 Å². The first kappa shape index (κ1) is 12.4. The molecule has 0 aliphatic carbocycles. The number of aryl methyl sites for hydroxylation is 1. The maximum atomic E-state index is 12.4. The second-order valence-electron chi connectivity index (χ2n) is 5.37. The Kier molecular flexibility index (Phi) is 3.11. The predicted octanol–water partition coefficient (Wildman–Crippen LogP) is 1.68. The first-order chi connectivity index (χ1) is 9.16. The van der Waals surface area contributed by atoms with Crippen molar-refractivity contribution in [2.24, 2.45) is 13.0 Å². The highest BCUT2D eigenvalue weighted by Gasteiger charge is 2.29. The lowest BCUT2D eigenvalue weighted by atomic mass is 9.93. The Morgan fingerprint density at radius 2 is 2.26 bits per heavy atom. The monoisotopic (exact) mass is 257 g/mol. The fourth-order valence-corrected chi connectivity index (χ4v) is 3.01. The van der Waals surface area contributed by atoms with Crippen LogP contribution in [0.25, 0.3) is 10.9 Å². The van der Waals surface area contributed by atoms with Crippen molar-refractivity contribution < 1.29 is 4.79 Å². The maximum absolute atomic E-state index is 12.4. The van der Waals surface area contributed by atoms with Gasteiger partial charge in [0.05, 0.1) is 17.6 Å². The average Bonchev–Trinajstić information content (AvgIpc) is 2.95. The van der Waals surface area contributed by atoms with Gasteiger partial charge in [-0.15, -0.1) is 0 Å². The van der Waals surface area contributed by atoms with Crippen molar-refractivity contribution in [3.8, 4) is 0 Å². The van der Waals surface area contributed by atoms with Crippen LogP contribution in [0.3, 0.4) is 0 Å². The second-order valence-corrected chi connectivity index (χ2v) is 5.37. The minimum atomic E-state index is 0.140. The molecular weight excluding hydrogens is 238 g/mol. The molecule has 4 heteroatoms. The Morgan fingerprint density at radius 1 is 1.47 bits per heavy atom. The summed E-state index contributed by atoms with van der Waals surface area (Å²) in [6, 6.07) is 8.37. The van der Waals surface area contributed by atoms with E-state index in [9.17, 15) is 4.79 Å². The fourth-order valence-electron chi connectivity index (χ4n) is 3.01. The molecule has 19 heavy (non-hydrogen) atoms. The van der Waals surface area contributed by atoms with Crippen LogP contribution in [0.4, 0.5) is 0 Å². The molecule has 1 saturated heterocycles. The third kappa shape index (κ3) is 2.16. The van der Waals surface area contributed by atoms with Gasteiger partial charge in [-0.25, -0.2) is 0 Å². The summed E-state index contributed by atoms with van der Waals surface area (Å²) in [4.78, 5) is 12.4. The molecule has 1 aliphatic rings. The molecule has 4 nitrogen and oxygen atoms in total. The van der Waals surface area contributed by atoms with Crippen LogP contribution in [0.5, 0.6) is 0 Å². The van der Waals surface area contributed by atoms with E-state index < -0.39 is 0 Å². The first-order valence-corrected chi connectivity index (χ1v) is 6.83. The normalized spacial score (nSPS) is 23.1. The van der Waals surface area contributed by atoms with Crippen molar-refractivity contribution in [1.82, 2.24) is 15.1 Å². The Labute approximate surface area is 112 Å². The van der Waals surface area contributed by atoms with Crippen molar-refractivity contribution in [2.45, 2.75) is 25.8 Å². The molecule has 0 spiro atoms. The number of rotatable bonds is 3. The highest BCUT2D eigenvalue weighted by Crippen LogP contribution is 2.22. The number of nitrogens with zero attached hydrogens (tertiary/aromatic N) is 2. The van der Waals surface area contributed by atoms with E-state index in [2.05, 4.69) is 17.3 Å². The predicted molar refractivity (Wildman–Crippen MR) is 75.0 cm³/mol. The van der Waals surface area contributed by atoms with Crippen LogP contribution in [0, 0.1) is 5.92 Å². The van der Waals surface area contributed by atoms with Crippen molar-refractivity contribution in [1.29, 1.82) is 0 Å². The first-order valence-electron chi connectivity index (χ1n) is 6.83. The molecule has 1 fully saturated rings. The SMILES string of the molecule is CC1NCCC1C(=O)Cc1nn(C)c2ccccc12. The smallest absolute Gasteiger partial charge is 0.143 e. The number of carbonyl (C=O) groups is 1. The summed E-state index contributed by atoms with van der Waals surface area (Å²) in [6.45, 7) is 3.03. The maximum Gasteiger partial charge on any atom is 0.143 e. The minimum Gasteiger partial charge on any atom is -0.314 e. The third-order valence-electron chi connectivity index (χ3n) is 4.11. The van der Waals surface area contributed by atoms with Crippen molar-refractivity contribution in [3.05, 3.63) is 30.0 Å². The van der Waals surface area contributed by atoms with E-state index in [0.29, 0.717) is 18.2 Å². The molecule has 2 atom stereocenters. The van der Waals surface area contributed by atoms with E-state index in [0.717, 1.165) is 29.6 Å². The van der Waals surface area contributed by atoms with E-state index in [4.69, 9.17) is 0 Å². The highest BCUT2D eigenvalue weighted by molar-refractivity contribution is 5.90. The van der Waals surface area contributed by atoms with Gasteiger partial charge in [0.15, 0.2) is 0 Å². The van der Waals surface area contributed by atoms with Gasteiger partial charge in [-0.2, -0.15) is 5.10 Å². The average molecular weight is 257 g/mol. The Hall–Kier alpha value is -1.68. The van der Waals surface area contributed by atoms with Crippen LogP contribution in [-0.2, 0) is 18.3 Å². The molecule has 1 aromatic heterocycles. The van der Waals surface area contributed by atoms with Gasteiger partial charge in [-0.05, 0) is 26.0 Å². The summed E-state index contributed by atoms with van der Waals surface area (Å²) in [5, 5.41) is 8.93. The van der Waals surface area contributed by atoms with Gasteiger partial charge in [0, 0.05) is 24.4 Å². The van der Waals surface area contributed by atoms with E-state index in [-0.39, 0.29) is 5.92 Å². The standard InChI is InChI=1S/C15H19N3O/c1-10-11(7-8-16-10)15(19)9-13-12-5-3-4-6-14(12)18(2)17-13/h3-6,10-11,16H,7-9H2,1-2H3. The second kappa shape index (κ2) is 4.78. The summed E-state index contributed by atoms with van der Waals surface area (Å²) in [7, 11) is 1.93. The lowest BCUT2D eigenvalue weighted by molar-refractivity contribution is -0.122. The number of aromatic nitrogens is 2. The number of hydrogen-bond acceptors (Lipinski definition) is 3. The number of Topliss-reactive ketones (excluding diaryl/α,β-unsaturated/α-hetero) is 1. The highest BCUT2D eigenvalue weighted by atomic mass is 16.1. The molecule has 2 heterocycles. The van der Waals surface area contributed by atoms with E-state index in [1.165, 1.54) is 0 Å². The molecule has 3 rings (SSSR count). The Morgan fingerprint density at radius 3 is 3.00 bits per heavy atom. The summed E-state index contributed by atoms with van der Waals surface area (Å²) in [5.74, 6) is 0.446. The van der Waals surface area contributed by atoms with Crippen molar-refractivity contribution in [2.75, 3.05) is 6.54 Å². The lowest BCUT2D eigenvalue weighted by Crippen LogP contribution is -2.29. The van der Waals surface area contributed by atoms with E-state index in [1.807, 2.05) is 36.0 Å². The van der Waals surface area contributed by atoms with Crippen LogP contribution in [0.1, 0.15) is 19.0 Å². The molecule has 0 amide bonds. The summed E-state index contributed by atoms with van der Waals surface area (Å²) in [6.07, 6.45) is 1.39. The zero-order chi connectivity index (χ0) is 13.4. The zero-order valence-corrected chi connectivity index (χ0v) is 11.4. The number of nitrogens with one attached hydrogen (secondary N) is 1. The van der Waals surface area contributed by atoms with Crippen LogP contribution < -0.4 is 5.32 Å². The number of carbonyl (C=O) groups excluding carboxylic acids is 1. The molecule has 0 saturated carbocycles. The molecule has 1 aliphatic heterocycles. The van der Waals surface area contributed by atoms with Gasteiger partial charge in [0.1, 0.15) is 5.78 Å². The quantitative estimate of drug-likeness (QED) is 0.910. The number of para-hydroxylation sites is 1. The minimum absolute atomic E-state index is 0.140. The summed E-state index contributed by atoms with van der Waals surface area (Å²) in [5.41, 5.74) is 1.99. The molecule has 2 aromatic rings. The topological polar surface area (TPSA) is 46.9 Å². The number of benzene rings is 1.